The lowest BCUT2D eigenvalue weighted by atomic mass is 10.2. The Hall–Kier alpha value is -1.11. The lowest BCUT2D eigenvalue weighted by Gasteiger charge is -2.06. The molecule has 2 aromatic rings. The third kappa shape index (κ3) is 3.68. The van der Waals surface area contributed by atoms with Crippen LogP contribution in [0.2, 0.25) is 0 Å². The highest BCUT2D eigenvalue weighted by Gasteiger charge is 2.15. The van der Waals surface area contributed by atoms with E-state index < -0.39 is 4.92 Å². The summed E-state index contributed by atoms with van der Waals surface area (Å²) in [6.07, 6.45) is 0. The second kappa shape index (κ2) is 6.36. The monoisotopic (exact) mass is 361 g/mol. The molecule has 1 heterocycles. The van der Waals surface area contributed by atoms with E-state index in [0.717, 1.165) is 14.9 Å². The molecule has 0 spiro atoms. The third-order valence-electron chi connectivity index (χ3n) is 2.37. The molecule has 100 valence electrons. The molecule has 0 atom stereocenters. The van der Waals surface area contributed by atoms with Crippen LogP contribution < -0.4 is 4.74 Å². The molecule has 0 saturated carbocycles. The van der Waals surface area contributed by atoms with Gasteiger partial charge in [0.15, 0.2) is 5.75 Å². The number of alkyl halides is 1. The minimum Gasteiger partial charge on any atom is -0.481 e. The summed E-state index contributed by atoms with van der Waals surface area (Å²) in [5, 5.41) is 12.9. The molecule has 1 aromatic carbocycles. The topological polar surface area (TPSA) is 52.4 Å². The largest absolute Gasteiger partial charge is 0.481 e. The van der Waals surface area contributed by atoms with Gasteiger partial charge in [-0.3, -0.25) is 10.1 Å². The van der Waals surface area contributed by atoms with Gasteiger partial charge >= 0.3 is 5.69 Å². The molecule has 0 aliphatic heterocycles. The predicted molar refractivity (Wildman–Crippen MR) is 79.0 cm³/mol. The Morgan fingerprint density at radius 3 is 2.79 bits per heavy atom. The van der Waals surface area contributed by atoms with Crippen molar-refractivity contribution in [3.8, 4) is 5.75 Å². The summed E-state index contributed by atoms with van der Waals surface area (Å²) < 4.78 is 6.50. The summed E-state index contributed by atoms with van der Waals surface area (Å²) in [7, 11) is 0. The van der Waals surface area contributed by atoms with E-state index >= 15 is 0 Å². The second-order valence-corrected chi connectivity index (χ2v) is 5.89. The molecule has 19 heavy (non-hydrogen) atoms. The van der Waals surface area contributed by atoms with Gasteiger partial charge in [0, 0.05) is 26.7 Å². The van der Waals surface area contributed by atoms with E-state index in [1.807, 2.05) is 11.4 Å². The van der Waals surface area contributed by atoms with Gasteiger partial charge in [-0.05, 0) is 33.6 Å². The maximum Gasteiger partial charge on any atom is 0.310 e. The smallest absolute Gasteiger partial charge is 0.310 e. The van der Waals surface area contributed by atoms with Gasteiger partial charge in [0.05, 0.1) is 4.92 Å². The van der Waals surface area contributed by atoms with Crippen LogP contribution in [-0.4, -0.2) is 4.92 Å². The molecular formula is C12H9BrClNO3S. The van der Waals surface area contributed by atoms with Gasteiger partial charge in [0.25, 0.3) is 0 Å². The van der Waals surface area contributed by atoms with E-state index in [4.69, 9.17) is 16.3 Å². The molecule has 0 unspecified atom stereocenters. The number of hydrogen-bond donors (Lipinski definition) is 0. The zero-order valence-corrected chi connectivity index (χ0v) is 12.8. The third-order valence-corrected chi connectivity index (χ3v) is 4.35. The first-order chi connectivity index (χ1) is 9.10. The van der Waals surface area contributed by atoms with E-state index in [2.05, 4.69) is 15.9 Å². The minimum absolute atomic E-state index is 0.0514. The number of benzene rings is 1. The number of rotatable bonds is 5. The molecule has 0 aliphatic carbocycles. The molecule has 0 amide bonds. The number of nitro groups is 1. The van der Waals surface area contributed by atoms with Crippen LogP contribution in [0.5, 0.6) is 5.75 Å². The van der Waals surface area contributed by atoms with Crippen LogP contribution in [-0.2, 0) is 12.5 Å². The first kappa shape index (κ1) is 14.3. The summed E-state index contributed by atoms with van der Waals surface area (Å²) in [6, 6.07) is 6.56. The molecule has 0 bridgehead atoms. The predicted octanol–water partition coefficient (Wildman–Crippen LogP) is 4.74. The molecule has 0 fully saturated rings. The van der Waals surface area contributed by atoms with Crippen LogP contribution in [0.1, 0.15) is 10.4 Å². The van der Waals surface area contributed by atoms with Crippen molar-refractivity contribution >= 4 is 44.6 Å². The van der Waals surface area contributed by atoms with Gasteiger partial charge in [-0.15, -0.1) is 22.9 Å². The van der Waals surface area contributed by atoms with Crippen molar-refractivity contribution in [2.75, 3.05) is 0 Å². The van der Waals surface area contributed by atoms with Crippen molar-refractivity contribution in [1.29, 1.82) is 0 Å². The fourth-order valence-electron chi connectivity index (χ4n) is 1.49. The van der Waals surface area contributed by atoms with E-state index in [0.29, 0.717) is 12.5 Å². The van der Waals surface area contributed by atoms with Gasteiger partial charge in [0.1, 0.15) is 6.61 Å². The second-order valence-electron chi connectivity index (χ2n) is 3.71. The highest BCUT2D eigenvalue weighted by molar-refractivity contribution is 9.10. The number of ether oxygens (including phenoxy) is 1. The van der Waals surface area contributed by atoms with Gasteiger partial charge in [-0.1, -0.05) is 6.07 Å². The fourth-order valence-corrected chi connectivity index (χ4v) is 3.01. The summed E-state index contributed by atoms with van der Waals surface area (Å²) in [5.41, 5.74) is 0.735. The first-order valence-electron chi connectivity index (χ1n) is 5.29. The Bertz CT molecular complexity index is 602. The summed E-state index contributed by atoms with van der Waals surface area (Å²) in [6.45, 7) is 0.294. The van der Waals surface area contributed by atoms with Crippen molar-refractivity contribution in [3.05, 3.63) is 54.7 Å². The quantitative estimate of drug-likeness (QED) is 0.439. The van der Waals surface area contributed by atoms with Gasteiger partial charge in [0.2, 0.25) is 0 Å². The number of nitrogens with zero attached hydrogens (tertiary/aromatic N) is 1. The van der Waals surface area contributed by atoms with Gasteiger partial charge in [-0.25, -0.2) is 0 Å². The number of hydrogen-bond acceptors (Lipinski definition) is 4. The van der Waals surface area contributed by atoms with Crippen LogP contribution in [0.3, 0.4) is 0 Å². The average molecular weight is 363 g/mol. The molecule has 0 N–H and O–H groups in total. The molecule has 4 nitrogen and oxygen atoms in total. The standard InChI is InChI=1S/C12H9BrClNO3S/c13-9-4-10(19-7-9)6-18-12-3-8(5-14)1-2-11(12)15(16)17/h1-4,7H,5-6H2. The Balaban J connectivity index is 2.19. The lowest BCUT2D eigenvalue weighted by Crippen LogP contribution is -1.98. The average Bonchev–Trinajstić information content (AvgIpc) is 2.81. The van der Waals surface area contributed by atoms with Crippen molar-refractivity contribution in [1.82, 2.24) is 0 Å². The van der Waals surface area contributed by atoms with Crippen LogP contribution >= 0.6 is 38.9 Å². The molecule has 0 aliphatic rings. The minimum atomic E-state index is -0.461. The molecule has 7 heteroatoms. The Labute approximate surface area is 127 Å². The van der Waals surface area contributed by atoms with Gasteiger partial charge in [-0.2, -0.15) is 0 Å². The van der Waals surface area contributed by atoms with Crippen molar-refractivity contribution in [3.63, 3.8) is 0 Å². The fraction of sp³-hybridized carbons (Fsp3) is 0.167. The van der Waals surface area contributed by atoms with Crippen molar-refractivity contribution in [2.24, 2.45) is 0 Å². The summed E-state index contributed by atoms with van der Waals surface area (Å²) in [5.74, 6) is 0.534. The first-order valence-corrected chi connectivity index (χ1v) is 7.50. The molecule has 0 saturated heterocycles. The SMILES string of the molecule is O=[N+]([O-])c1ccc(CCl)cc1OCc1cc(Br)cs1. The maximum absolute atomic E-state index is 10.9. The highest BCUT2D eigenvalue weighted by Crippen LogP contribution is 2.30. The van der Waals surface area contributed by atoms with E-state index in [1.54, 1.807) is 12.1 Å². The number of nitro benzene ring substituents is 1. The molecular weight excluding hydrogens is 354 g/mol. The van der Waals surface area contributed by atoms with Crippen molar-refractivity contribution in [2.45, 2.75) is 12.5 Å². The van der Waals surface area contributed by atoms with Crippen LogP contribution in [0.4, 0.5) is 5.69 Å². The normalized spacial score (nSPS) is 10.4. The van der Waals surface area contributed by atoms with Crippen molar-refractivity contribution < 1.29 is 9.66 Å². The van der Waals surface area contributed by atoms with E-state index in [-0.39, 0.29) is 11.4 Å². The maximum atomic E-state index is 10.9. The zero-order valence-electron chi connectivity index (χ0n) is 9.64. The van der Waals surface area contributed by atoms with Crippen LogP contribution in [0.25, 0.3) is 0 Å². The zero-order chi connectivity index (χ0) is 13.8. The Morgan fingerprint density at radius 1 is 1.42 bits per heavy atom. The van der Waals surface area contributed by atoms with E-state index in [9.17, 15) is 10.1 Å². The van der Waals surface area contributed by atoms with Crippen LogP contribution in [0.15, 0.2) is 34.1 Å². The lowest BCUT2D eigenvalue weighted by molar-refractivity contribution is -0.386. The molecule has 1 aromatic heterocycles. The summed E-state index contributed by atoms with van der Waals surface area (Å²) in [4.78, 5) is 11.4. The highest BCUT2D eigenvalue weighted by atomic mass is 79.9. The Kier molecular flexibility index (Phi) is 4.79. The van der Waals surface area contributed by atoms with E-state index in [1.165, 1.54) is 17.4 Å². The summed E-state index contributed by atoms with van der Waals surface area (Å²) >= 11 is 10.6. The molecule has 2 rings (SSSR count). The van der Waals surface area contributed by atoms with Gasteiger partial charge < -0.3 is 4.74 Å². The Morgan fingerprint density at radius 2 is 2.21 bits per heavy atom. The molecule has 0 radical (unpaired) electrons. The number of halogens is 2. The number of thiophene rings is 1. The van der Waals surface area contributed by atoms with Crippen LogP contribution in [0, 0.1) is 10.1 Å².